The first-order chi connectivity index (χ1) is 11.3. The Bertz CT molecular complexity index is 922. The molecule has 2 N–H and O–H groups in total. The lowest BCUT2D eigenvalue weighted by molar-refractivity contribution is -0.116. The van der Waals surface area contributed by atoms with Crippen LogP contribution in [0.3, 0.4) is 0 Å². The van der Waals surface area contributed by atoms with Crippen LogP contribution in [0.15, 0.2) is 21.9 Å². The molecule has 2 heterocycles. The molecule has 0 bridgehead atoms. The molecule has 0 fully saturated rings. The minimum atomic E-state index is -1.11. The van der Waals surface area contributed by atoms with E-state index in [4.69, 9.17) is 0 Å². The van der Waals surface area contributed by atoms with Gasteiger partial charge in [-0.15, -0.1) is 11.3 Å². The molecule has 8 nitrogen and oxygen atoms in total. The van der Waals surface area contributed by atoms with Crippen LogP contribution in [0, 0.1) is 6.92 Å². The predicted molar refractivity (Wildman–Crippen MR) is 90.0 cm³/mol. The van der Waals surface area contributed by atoms with Crippen molar-refractivity contribution in [2.24, 2.45) is 7.05 Å². The molecule has 0 aliphatic carbocycles. The van der Waals surface area contributed by atoms with Crippen molar-refractivity contribution < 1.29 is 14.7 Å². The lowest BCUT2D eigenvalue weighted by Crippen LogP contribution is -2.39. The summed E-state index contributed by atoms with van der Waals surface area (Å²) >= 11 is 1.19. The topological polar surface area (TPSA) is 110 Å². The smallest absolute Gasteiger partial charge is 0.339 e. The van der Waals surface area contributed by atoms with E-state index in [0.717, 1.165) is 14.0 Å². The Hall–Kier alpha value is -2.68. The van der Waals surface area contributed by atoms with Gasteiger partial charge in [0, 0.05) is 24.2 Å². The Balaban J connectivity index is 2.28. The zero-order valence-corrected chi connectivity index (χ0v) is 14.3. The summed E-state index contributed by atoms with van der Waals surface area (Å²) in [4.78, 5) is 47.7. The summed E-state index contributed by atoms with van der Waals surface area (Å²) in [6, 6.07) is 1.18. The van der Waals surface area contributed by atoms with Crippen LogP contribution in [0.4, 0.5) is 5.00 Å². The van der Waals surface area contributed by atoms with Crippen LogP contribution in [0.1, 0.15) is 27.7 Å². The van der Waals surface area contributed by atoms with E-state index >= 15 is 0 Å². The number of aromatic carboxylic acids is 1. The molecule has 0 unspecified atom stereocenters. The third-order valence-corrected chi connectivity index (χ3v) is 4.67. The average molecular weight is 351 g/mol. The van der Waals surface area contributed by atoms with Gasteiger partial charge in [0.2, 0.25) is 5.91 Å². The van der Waals surface area contributed by atoms with E-state index in [-0.39, 0.29) is 17.1 Å². The number of carboxylic acid groups (broad SMARTS) is 1. The first kappa shape index (κ1) is 17.7. The summed E-state index contributed by atoms with van der Waals surface area (Å²) in [6.07, 6.45) is 1.78. The first-order valence-electron chi connectivity index (χ1n) is 7.18. The standard InChI is InChI=1S/C15H17N3O5S/c1-4-9-8(2)24-13(12(9)14(21)22)16-10(19)7-18-6-5-11(20)17(3)15(18)23/h5-6H,4,7H2,1-3H3,(H,16,19)(H,21,22). The number of hydrogen-bond acceptors (Lipinski definition) is 5. The van der Waals surface area contributed by atoms with Crippen molar-refractivity contribution in [2.75, 3.05) is 5.32 Å². The molecule has 2 aromatic heterocycles. The highest BCUT2D eigenvalue weighted by Gasteiger charge is 2.22. The molecule has 0 saturated heterocycles. The number of carbonyl (C=O) groups excluding carboxylic acids is 1. The zero-order chi connectivity index (χ0) is 18.0. The SMILES string of the molecule is CCc1c(C)sc(NC(=O)Cn2ccc(=O)n(C)c2=O)c1C(=O)O. The molecule has 24 heavy (non-hydrogen) atoms. The van der Waals surface area contributed by atoms with Gasteiger partial charge in [-0.1, -0.05) is 6.92 Å². The van der Waals surface area contributed by atoms with Gasteiger partial charge in [-0.25, -0.2) is 9.59 Å². The fourth-order valence-electron chi connectivity index (χ4n) is 2.38. The summed E-state index contributed by atoms with van der Waals surface area (Å²) in [5.41, 5.74) is -0.317. The minimum absolute atomic E-state index is 0.0844. The number of aryl methyl sites for hydroxylation is 1. The van der Waals surface area contributed by atoms with Crippen molar-refractivity contribution in [3.8, 4) is 0 Å². The van der Waals surface area contributed by atoms with Crippen LogP contribution in [0.25, 0.3) is 0 Å². The van der Waals surface area contributed by atoms with E-state index in [1.54, 1.807) is 6.92 Å². The number of nitrogens with zero attached hydrogens (tertiary/aromatic N) is 2. The van der Waals surface area contributed by atoms with Crippen LogP contribution >= 0.6 is 11.3 Å². The number of aromatic nitrogens is 2. The highest BCUT2D eigenvalue weighted by atomic mass is 32.1. The van der Waals surface area contributed by atoms with E-state index < -0.39 is 23.1 Å². The van der Waals surface area contributed by atoms with Gasteiger partial charge >= 0.3 is 11.7 Å². The lowest BCUT2D eigenvalue weighted by Gasteiger charge is -2.08. The molecule has 0 atom stereocenters. The van der Waals surface area contributed by atoms with E-state index in [0.29, 0.717) is 12.0 Å². The van der Waals surface area contributed by atoms with Crippen molar-refractivity contribution in [1.29, 1.82) is 0 Å². The molecule has 2 aromatic rings. The summed E-state index contributed by atoms with van der Waals surface area (Å²) < 4.78 is 1.97. The maximum Gasteiger partial charge on any atom is 0.339 e. The molecule has 1 amide bonds. The van der Waals surface area contributed by atoms with Crippen molar-refractivity contribution in [3.05, 3.63) is 49.1 Å². The number of rotatable bonds is 5. The summed E-state index contributed by atoms with van der Waals surface area (Å²) in [5, 5.41) is 12.2. The normalized spacial score (nSPS) is 10.6. The number of anilines is 1. The van der Waals surface area contributed by atoms with E-state index in [2.05, 4.69) is 5.32 Å². The molecule has 2 rings (SSSR count). The Morgan fingerprint density at radius 3 is 2.58 bits per heavy atom. The van der Waals surface area contributed by atoms with Gasteiger partial charge in [0.15, 0.2) is 0 Å². The Kier molecular flexibility index (Phi) is 5.03. The summed E-state index contributed by atoms with van der Waals surface area (Å²) in [7, 11) is 1.32. The van der Waals surface area contributed by atoms with Gasteiger partial charge in [0.05, 0.1) is 5.56 Å². The second-order valence-corrected chi connectivity index (χ2v) is 6.40. The van der Waals surface area contributed by atoms with Crippen LogP contribution in [-0.4, -0.2) is 26.1 Å². The lowest BCUT2D eigenvalue weighted by atomic mass is 10.1. The fourth-order valence-corrected chi connectivity index (χ4v) is 3.53. The Labute approximate surface area is 141 Å². The number of carboxylic acids is 1. The van der Waals surface area contributed by atoms with Gasteiger partial charge in [0.1, 0.15) is 11.5 Å². The fraction of sp³-hybridized carbons (Fsp3) is 0.333. The van der Waals surface area contributed by atoms with Crippen LogP contribution in [0.2, 0.25) is 0 Å². The number of nitrogens with one attached hydrogen (secondary N) is 1. The van der Waals surface area contributed by atoms with Crippen LogP contribution in [-0.2, 0) is 24.8 Å². The van der Waals surface area contributed by atoms with E-state index in [1.165, 1.54) is 30.6 Å². The van der Waals surface area contributed by atoms with Crippen molar-refractivity contribution in [1.82, 2.24) is 9.13 Å². The molecule has 128 valence electrons. The number of carbonyl (C=O) groups is 2. The average Bonchev–Trinajstić information content (AvgIpc) is 2.83. The third kappa shape index (κ3) is 3.30. The molecular weight excluding hydrogens is 334 g/mol. The van der Waals surface area contributed by atoms with E-state index in [9.17, 15) is 24.3 Å². The molecule has 0 spiro atoms. The number of amides is 1. The van der Waals surface area contributed by atoms with Gasteiger partial charge in [-0.05, 0) is 18.9 Å². The monoisotopic (exact) mass is 351 g/mol. The predicted octanol–water partition coefficient (Wildman–Crippen LogP) is 0.816. The highest BCUT2D eigenvalue weighted by Crippen LogP contribution is 2.33. The summed E-state index contributed by atoms with van der Waals surface area (Å²) in [5.74, 6) is -1.65. The first-order valence-corrected chi connectivity index (χ1v) is 7.99. The number of thiophene rings is 1. The van der Waals surface area contributed by atoms with Gasteiger partial charge in [-0.2, -0.15) is 0 Å². The van der Waals surface area contributed by atoms with Crippen LogP contribution < -0.4 is 16.6 Å². The zero-order valence-electron chi connectivity index (χ0n) is 13.5. The number of hydrogen-bond donors (Lipinski definition) is 2. The van der Waals surface area contributed by atoms with Crippen LogP contribution in [0.5, 0.6) is 0 Å². The molecule has 0 aliphatic heterocycles. The second kappa shape index (κ2) is 6.83. The Morgan fingerprint density at radius 2 is 2.00 bits per heavy atom. The van der Waals surface area contributed by atoms with Gasteiger partial charge < -0.3 is 10.4 Å². The molecule has 0 aliphatic rings. The highest BCUT2D eigenvalue weighted by molar-refractivity contribution is 7.16. The molecular formula is C15H17N3O5S. The van der Waals surface area contributed by atoms with Crippen molar-refractivity contribution in [3.63, 3.8) is 0 Å². The molecule has 9 heteroatoms. The Morgan fingerprint density at radius 1 is 1.33 bits per heavy atom. The van der Waals surface area contributed by atoms with Crippen molar-refractivity contribution in [2.45, 2.75) is 26.8 Å². The molecule has 0 aromatic carbocycles. The quantitative estimate of drug-likeness (QED) is 0.828. The minimum Gasteiger partial charge on any atom is -0.478 e. The van der Waals surface area contributed by atoms with Crippen molar-refractivity contribution >= 4 is 28.2 Å². The summed E-state index contributed by atoms with van der Waals surface area (Å²) in [6.45, 7) is 3.32. The maximum atomic E-state index is 12.2. The maximum absolute atomic E-state index is 12.2. The van der Waals surface area contributed by atoms with Gasteiger partial charge in [-0.3, -0.25) is 18.7 Å². The third-order valence-electron chi connectivity index (χ3n) is 3.60. The molecule has 0 radical (unpaired) electrons. The van der Waals surface area contributed by atoms with E-state index in [1.807, 2.05) is 6.92 Å². The molecule has 0 saturated carbocycles. The largest absolute Gasteiger partial charge is 0.478 e. The second-order valence-electron chi connectivity index (χ2n) is 5.17. The van der Waals surface area contributed by atoms with Gasteiger partial charge in [0.25, 0.3) is 5.56 Å².